The van der Waals surface area contributed by atoms with Gasteiger partial charge in [-0.05, 0) is 18.2 Å². The van der Waals surface area contributed by atoms with Gasteiger partial charge in [-0.1, -0.05) is 0 Å². The number of carboxylic acids is 1. The standard InChI is InChI=1S/C13H12FN3O4/c14-10-2-1-8(3-7(10)5-15)16-13(21)17-6-9(18)4-11(17)12(19)20/h1-3,9,11,18H,4,6H2,(H,16,21)(H,19,20)/t9-,11-/m0/s1. The number of β-amino-alcohol motifs (C(OH)–C–C–N with tert-alkyl or cyclic N) is 1. The largest absolute Gasteiger partial charge is 0.480 e. The summed E-state index contributed by atoms with van der Waals surface area (Å²) in [4.78, 5) is 24.0. The van der Waals surface area contributed by atoms with Crippen molar-refractivity contribution < 1.29 is 24.2 Å². The topological polar surface area (TPSA) is 114 Å². The number of aliphatic carboxylic acids is 1. The number of carboxylic acid groups (broad SMARTS) is 1. The van der Waals surface area contributed by atoms with Crippen LogP contribution in [-0.2, 0) is 4.79 Å². The number of urea groups is 1. The normalized spacial score (nSPS) is 20.9. The Morgan fingerprint density at radius 2 is 2.19 bits per heavy atom. The number of aliphatic hydroxyl groups excluding tert-OH is 1. The zero-order valence-electron chi connectivity index (χ0n) is 10.8. The van der Waals surface area contributed by atoms with Gasteiger partial charge < -0.3 is 20.4 Å². The lowest BCUT2D eigenvalue weighted by molar-refractivity contribution is -0.141. The number of halogens is 1. The number of carbonyl (C=O) groups is 2. The van der Waals surface area contributed by atoms with Crippen molar-refractivity contribution in [3.05, 3.63) is 29.6 Å². The Labute approximate surface area is 119 Å². The molecule has 1 aromatic rings. The number of hydrogen-bond acceptors (Lipinski definition) is 4. The second-order valence-electron chi connectivity index (χ2n) is 4.63. The first-order valence-electron chi connectivity index (χ1n) is 6.10. The van der Waals surface area contributed by atoms with Crippen LogP contribution in [0.25, 0.3) is 0 Å². The number of hydrogen-bond donors (Lipinski definition) is 3. The minimum Gasteiger partial charge on any atom is -0.480 e. The Kier molecular flexibility index (Phi) is 4.05. The third-order valence-corrected chi connectivity index (χ3v) is 3.16. The summed E-state index contributed by atoms with van der Waals surface area (Å²) in [6.07, 6.45) is -0.949. The van der Waals surface area contributed by atoms with Gasteiger partial charge in [-0.15, -0.1) is 0 Å². The molecule has 8 heteroatoms. The molecule has 1 saturated heterocycles. The Bertz CT molecular complexity index is 628. The van der Waals surface area contributed by atoms with Crippen LogP contribution in [0.2, 0.25) is 0 Å². The van der Waals surface area contributed by atoms with Crippen molar-refractivity contribution >= 4 is 17.7 Å². The molecule has 2 rings (SSSR count). The van der Waals surface area contributed by atoms with Crippen LogP contribution in [0.15, 0.2) is 18.2 Å². The van der Waals surface area contributed by atoms with Crippen LogP contribution in [0.4, 0.5) is 14.9 Å². The molecule has 110 valence electrons. The summed E-state index contributed by atoms with van der Waals surface area (Å²) in [5, 5.41) is 29.6. The maximum absolute atomic E-state index is 13.2. The zero-order chi connectivity index (χ0) is 15.6. The summed E-state index contributed by atoms with van der Waals surface area (Å²) in [6, 6.07) is 3.23. The van der Waals surface area contributed by atoms with Gasteiger partial charge in [0, 0.05) is 18.7 Å². The van der Waals surface area contributed by atoms with E-state index < -0.39 is 30.0 Å². The predicted molar refractivity (Wildman–Crippen MR) is 68.9 cm³/mol. The van der Waals surface area contributed by atoms with E-state index in [2.05, 4.69) is 5.32 Å². The van der Waals surface area contributed by atoms with Crippen molar-refractivity contribution in [2.24, 2.45) is 0 Å². The molecule has 1 aliphatic heterocycles. The first-order chi connectivity index (χ1) is 9.92. The number of nitrogens with one attached hydrogen (secondary N) is 1. The number of anilines is 1. The van der Waals surface area contributed by atoms with Crippen LogP contribution >= 0.6 is 0 Å². The van der Waals surface area contributed by atoms with E-state index in [1.807, 2.05) is 0 Å². The lowest BCUT2D eigenvalue weighted by Crippen LogP contribution is -2.43. The molecule has 0 saturated carbocycles. The van der Waals surface area contributed by atoms with Crippen molar-refractivity contribution in [3.63, 3.8) is 0 Å². The first-order valence-corrected chi connectivity index (χ1v) is 6.10. The first kappa shape index (κ1) is 14.7. The highest BCUT2D eigenvalue weighted by molar-refractivity contribution is 5.93. The predicted octanol–water partition coefficient (Wildman–Crippen LogP) is 0.749. The van der Waals surface area contributed by atoms with Gasteiger partial charge >= 0.3 is 12.0 Å². The molecule has 3 N–H and O–H groups in total. The van der Waals surface area contributed by atoms with Gasteiger partial charge in [-0.3, -0.25) is 0 Å². The van der Waals surface area contributed by atoms with Gasteiger partial charge in [0.2, 0.25) is 0 Å². The van der Waals surface area contributed by atoms with Crippen molar-refractivity contribution in [1.29, 1.82) is 5.26 Å². The molecule has 0 aliphatic carbocycles. The minimum atomic E-state index is -1.21. The summed E-state index contributed by atoms with van der Waals surface area (Å²) in [6.45, 7) is -0.102. The number of nitriles is 1. The fourth-order valence-corrected chi connectivity index (χ4v) is 2.16. The molecule has 2 amide bonds. The van der Waals surface area contributed by atoms with Crippen LogP contribution in [0.3, 0.4) is 0 Å². The van der Waals surface area contributed by atoms with Crippen molar-refractivity contribution in [2.75, 3.05) is 11.9 Å². The monoisotopic (exact) mass is 293 g/mol. The summed E-state index contributed by atoms with van der Waals surface area (Å²) < 4.78 is 13.2. The van der Waals surface area contributed by atoms with E-state index in [-0.39, 0.29) is 24.2 Å². The minimum absolute atomic E-state index is 0.0460. The van der Waals surface area contributed by atoms with E-state index in [9.17, 15) is 19.1 Å². The Balaban J connectivity index is 2.14. The molecule has 0 radical (unpaired) electrons. The van der Waals surface area contributed by atoms with Crippen molar-refractivity contribution in [3.8, 4) is 6.07 Å². The average molecular weight is 293 g/mol. The molecular weight excluding hydrogens is 281 g/mol. The maximum atomic E-state index is 13.2. The third kappa shape index (κ3) is 3.09. The molecule has 0 unspecified atom stereocenters. The second kappa shape index (κ2) is 5.76. The van der Waals surface area contributed by atoms with Gasteiger partial charge in [0.1, 0.15) is 17.9 Å². The molecule has 2 atom stereocenters. The fraction of sp³-hybridized carbons (Fsp3) is 0.308. The van der Waals surface area contributed by atoms with Gasteiger partial charge in [0.25, 0.3) is 0 Å². The van der Waals surface area contributed by atoms with Crippen LogP contribution in [0.1, 0.15) is 12.0 Å². The molecule has 1 aromatic carbocycles. The maximum Gasteiger partial charge on any atom is 0.326 e. The lowest BCUT2D eigenvalue weighted by Gasteiger charge is -2.21. The summed E-state index contributed by atoms with van der Waals surface area (Å²) in [7, 11) is 0. The number of aliphatic hydroxyl groups is 1. The van der Waals surface area contributed by atoms with Gasteiger partial charge in [-0.2, -0.15) is 5.26 Å². The summed E-state index contributed by atoms with van der Waals surface area (Å²) >= 11 is 0. The van der Waals surface area contributed by atoms with Crippen LogP contribution in [-0.4, -0.2) is 45.8 Å². The zero-order valence-corrected chi connectivity index (χ0v) is 10.8. The Morgan fingerprint density at radius 3 is 2.81 bits per heavy atom. The van der Waals surface area contributed by atoms with Gasteiger partial charge in [0.15, 0.2) is 0 Å². The fourth-order valence-electron chi connectivity index (χ4n) is 2.16. The van der Waals surface area contributed by atoms with E-state index in [4.69, 9.17) is 10.4 Å². The molecule has 7 nitrogen and oxygen atoms in total. The number of amides is 2. The highest BCUT2D eigenvalue weighted by Gasteiger charge is 2.39. The summed E-state index contributed by atoms with van der Waals surface area (Å²) in [5.41, 5.74) is -0.0625. The van der Waals surface area contributed by atoms with E-state index in [0.29, 0.717) is 0 Å². The smallest absolute Gasteiger partial charge is 0.326 e. The van der Waals surface area contributed by atoms with E-state index in [1.54, 1.807) is 6.07 Å². The molecule has 0 aromatic heterocycles. The van der Waals surface area contributed by atoms with Crippen LogP contribution in [0, 0.1) is 17.1 Å². The molecule has 1 aliphatic rings. The highest BCUT2D eigenvalue weighted by atomic mass is 19.1. The van der Waals surface area contributed by atoms with Crippen LogP contribution in [0.5, 0.6) is 0 Å². The Hall–Kier alpha value is -2.66. The molecule has 21 heavy (non-hydrogen) atoms. The molecular formula is C13H12FN3O4. The number of rotatable bonds is 2. The molecule has 1 fully saturated rings. The Morgan fingerprint density at radius 1 is 1.48 bits per heavy atom. The van der Waals surface area contributed by atoms with E-state index >= 15 is 0 Å². The molecule has 1 heterocycles. The van der Waals surface area contributed by atoms with Crippen molar-refractivity contribution in [1.82, 2.24) is 4.90 Å². The highest BCUT2D eigenvalue weighted by Crippen LogP contribution is 2.20. The van der Waals surface area contributed by atoms with Crippen LogP contribution < -0.4 is 5.32 Å². The average Bonchev–Trinajstić information content (AvgIpc) is 2.83. The van der Waals surface area contributed by atoms with E-state index in [1.165, 1.54) is 6.07 Å². The van der Waals surface area contributed by atoms with Crippen molar-refractivity contribution in [2.45, 2.75) is 18.6 Å². The van der Waals surface area contributed by atoms with Gasteiger partial charge in [-0.25, -0.2) is 14.0 Å². The SMILES string of the molecule is N#Cc1cc(NC(=O)N2C[C@@H](O)C[C@H]2C(=O)O)ccc1F. The number of benzene rings is 1. The van der Waals surface area contributed by atoms with E-state index in [0.717, 1.165) is 17.0 Å². The second-order valence-corrected chi connectivity index (χ2v) is 4.63. The third-order valence-electron chi connectivity index (χ3n) is 3.16. The number of carbonyl (C=O) groups excluding carboxylic acids is 1. The number of nitrogens with zero attached hydrogens (tertiary/aromatic N) is 2. The molecule has 0 bridgehead atoms. The lowest BCUT2D eigenvalue weighted by atomic mass is 10.2. The quantitative estimate of drug-likeness (QED) is 0.744. The summed E-state index contributed by atoms with van der Waals surface area (Å²) in [5.74, 6) is -1.92. The number of likely N-dealkylation sites (tertiary alicyclic amines) is 1. The molecule has 0 spiro atoms. The van der Waals surface area contributed by atoms with Gasteiger partial charge in [0.05, 0.1) is 11.7 Å².